The van der Waals surface area contributed by atoms with E-state index in [-0.39, 0.29) is 5.56 Å². The zero-order chi connectivity index (χ0) is 12.5. The van der Waals surface area contributed by atoms with Gasteiger partial charge < -0.3 is 5.32 Å². The lowest BCUT2D eigenvalue weighted by Crippen LogP contribution is -2.48. The maximum absolute atomic E-state index is 11.8. The molecule has 2 aromatic rings. The second-order valence-corrected chi connectivity index (χ2v) is 4.70. The van der Waals surface area contributed by atoms with Crippen LogP contribution >= 0.6 is 0 Å². The monoisotopic (exact) mass is 248 g/mol. The molecular weight excluding hydrogens is 232 g/mol. The lowest BCUT2D eigenvalue weighted by molar-refractivity contribution is 0.197. The highest BCUT2D eigenvalue weighted by Gasteiger charge is 2.16. The Morgan fingerprint density at radius 1 is 1.56 bits per heavy atom. The van der Waals surface area contributed by atoms with Gasteiger partial charge in [0.25, 0.3) is 11.3 Å². The van der Waals surface area contributed by atoms with Gasteiger partial charge in [-0.3, -0.25) is 14.8 Å². The predicted molar refractivity (Wildman–Crippen MR) is 66.3 cm³/mol. The zero-order valence-electron chi connectivity index (χ0n) is 10.3. The smallest absolute Gasteiger partial charge is 0.274 e. The van der Waals surface area contributed by atoms with Crippen LogP contribution in [0.2, 0.25) is 0 Å². The number of aromatic amines is 1. The average molecular weight is 248 g/mol. The quantitative estimate of drug-likeness (QED) is 0.728. The molecule has 3 rings (SSSR count). The Morgan fingerprint density at radius 2 is 2.44 bits per heavy atom. The van der Waals surface area contributed by atoms with Gasteiger partial charge in [0.05, 0.1) is 5.69 Å². The molecule has 0 bridgehead atoms. The number of nitrogens with zero attached hydrogens (tertiary/aromatic N) is 4. The highest BCUT2D eigenvalue weighted by Crippen LogP contribution is 2.04. The molecule has 0 radical (unpaired) electrons. The van der Waals surface area contributed by atoms with Crippen molar-refractivity contribution >= 4 is 5.78 Å². The van der Waals surface area contributed by atoms with Crippen molar-refractivity contribution in [1.29, 1.82) is 0 Å². The lowest BCUT2D eigenvalue weighted by Gasteiger charge is -2.31. The maximum atomic E-state index is 11.8. The minimum Gasteiger partial charge on any atom is -0.312 e. The Kier molecular flexibility index (Phi) is 2.85. The van der Waals surface area contributed by atoms with E-state index < -0.39 is 0 Å². The first kappa shape index (κ1) is 11.4. The van der Waals surface area contributed by atoms with Gasteiger partial charge in [-0.1, -0.05) is 0 Å². The van der Waals surface area contributed by atoms with Crippen LogP contribution in [0.3, 0.4) is 0 Å². The Morgan fingerprint density at radius 3 is 3.28 bits per heavy atom. The second kappa shape index (κ2) is 4.51. The van der Waals surface area contributed by atoms with Gasteiger partial charge in [0, 0.05) is 38.3 Å². The summed E-state index contributed by atoms with van der Waals surface area (Å²) < 4.78 is 1.34. The molecule has 3 heterocycles. The van der Waals surface area contributed by atoms with Crippen LogP contribution in [0, 0.1) is 0 Å². The molecule has 0 aromatic carbocycles. The first-order chi connectivity index (χ1) is 8.72. The molecule has 7 heteroatoms. The number of piperazine rings is 1. The topological polar surface area (TPSA) is 78.3 Å². The summed E-state index contributed by atoms with van der Waals surface area (Å²) in [7, 11) is 0. The summed E-state index contributed by atoms with van der Waals surface area (Å²) in [5.74, 6) is 0.431. The highest BCUT2D eigenvalue weighted by atomic mass is 16.1. The van der Waals surface area contributed by atoms with E-state index in [9.17, 15) is 4.79 Å². The summed E-state index contributed by atoms with van der Waals surface area (Å²) in [5, 5.41) is 6.12. The van der Waals surface area contributed by atoms with E-state index in [1.165, 1.54) is 10.8 Å². The summed E-state index contributed by atoms with van der Waals surface area (Å²) in [6, 6.07) is 2.05. The molecular formula is C11H16N6O. The van der Waals surface area contributed by atoms with Crippen LogP contribution in [0.15, 0.2) is 17.2 Å². The maximum Gasteiger partial charge on any atom is 0.274 e. The van der Waals surface area contributed by atoms with Crippen molar-refractivity contribution in [2.24, 2.45) is 0 Å². The van der Waals surface area contributed by atoms with Gasteiger partial charge in [-0.15, -0.1) is 0 Å². The molecule has 18 heavy (non-hydrogen) atoms. The van der Waals surface area contributed by atoms with E-state index in [2.05, 4.69) is 32.2 Å². The van der Waals surface area contributed by atoms with E-state index in [0.29, 0.717) is 18.4 Å². The lowest BCUT2D eigenvalue weighted by atomic mass is 10.2. The molecule has 0 saturated carbocycles. The largest absolute Gasteiger partial charge is 0.312 e. The van der Waals surface area contributed by atoms with Crippen molar-refractivity contribution in [2.45, 2.75) is 19.5 Å². The summed E-state index contributed by atoms with van der Waals surface area (Å²) in [6.45, 7) is 5.79. The summed E-state index contributed by atoms with van der Waals surface area (Å²) >= 11 is 0. The van der Waals surface area contributed by atoms with Crippen LogP contribution in [-0.4, -0.2) is 50.2 Å². The Hall–Kier alpha value is -1.73. The number of hydrogen-bond donors (Lipinski definition) is 2. The molecule has 0 unspecified atom stereocenters. The fourth-order valence-corrected chi connectivity index (χ4v) is 2.33. The SMILES string of the molecule is C[C@H]1CN(Cc2cc(=O)n3[nH]cnc3n2)CCN1. The molecule has 2 N–H and O–H groups in total. The third kappa shape index (κ3) is 2.14. The number of nitrogens with one attached hydrogen (secondary N) is 2. The van der Waals surface area contributed by atoms with E-state index in [4.69, 9.17) is 0 Å². The van der Waals surface area contributed by atoms with Crippen molar-refractivity contribution in [2.75, 3.05) is 19.6 Å². The predicted octanol–water partition coefficient (Wildman–Crippen LogP) is -0.789. The van der Waals surface area contributed by atoms with Gasteiger partial charge in [0.15, 0.2) is 0 Å². The molecule has 0 amide bonds. The molecule has 7 nitrogen and oxygen atoms in total. The van der Waals surface area contributed by atoms with E-state index in [1.807, 2.05) is 0 Å². The first-order valence-corrected chi connectivity index (χ1v) is 6.10. The summed E-state index contributed by atoms with van der Waals surface area (Å²) in [4.78, 5) is 22.5. The molecule has 0 spiro atoms. The highest BCUT2D eigenvalue weighted by molar-refractivity contribution is 5.25. The van der Waals surface area contributed by atoms with E-state index in [0.717, 1.165) is 25.3 Å². The van der Waals surface area contributed by atoms with Gasteiger partial charge in [0.2, 0.25) is 0 Å². The van der Waals surface area contributed by atoms with Crippen molar-refractivity contribution < 1.29 is 0 Å². The van der Waals surface area contributed by atoms with Crippen LogP contribution < -0.4 is 10.9 Å². The van der Waals surface area contributed by atoms with Crippen LogP contribution in [0.25, 0.3) is 5.78 Å². The molecule has 2 aromatic heterocycles. The number of fused-ring (bicyclic) bond motifs is 1. The molecule has 0 aliphatic carbocycles. The Bertz CT molecular complexity index is 603. The standard InChI is InChI=1S/C11H16N6O/c1-8-5-16(3-2-12-8)6-9-4-10(18)17-11(15-9)13-7-14-17/h4,7-8,12H,2-3,5-6H2,1H3,(H,13,14,15)/t8-/m0/s1. The van der Waals surface area contributed by atoms with E-state index >= 15 is 0 Å². The number of rotatable bonds is 2. The third-order valence-electron chi connectivity index (χ3n) is 3.16. The van der Waals surface area contributed by atoms with Crippen LogP contribution in [0.5, 0.6) is 0 Å². The number of hydrogen-bond acceptors (Lipinski definition) is 5. The minimum absolute atomic E-state index is 0.115. The zero-order valence-corrected chi connectivity index (χ0v) is 10.3. The fourth-order valence-electron chi connectivity index (χ4n) is 2.33. The normalized spacial score (nSPS) is 21.5. The molecule has 96 valence electrons. The first-order valence-electron chi connectivity index (χ1n) is 6.10. The summed E-state index contributed by atoms with van der Waals surface area (Å²) in [6.07, 6.45) is 1.47. The minimum atomic E-state index is -0.115. The van der Waals surface area contributed by atoms with Crippen molar-refractivity contribution in [3.8, 4) is 0 Å². The molecule has 1 fully saturated rings. The van der Waals surface area contributed by atoms with Gasteiger partial charge in [-0.05, 0) is 6.92 Å². The van der Waals surface area contributed by atoms with Crippen molar-refractivity contribution in [3.05, 3.63) is 28.4 Å². The Balaban J connectivity index is 1.83. The summed E-state index contributed by atoms with van der Waals surface area (Å²) in [5.41, 5.74) is 0.664. The van der Waals surface area contributed by atoms with Gasteiger partial charge in [-0.2, -0.15) is 4.52 Å². The van der Waals surface area contributed by atoms with E-state index in [1.54, 1.807) is 6.07 Å². The average Bonchev–Trinajstić information content (AvgIpc) is 2.77. The van der Waals surface area contributed by atoms with Crippen LogP contribution in [0.4, 0.5) is 0 Å². The van der Waals surface area contributed by atoms with Crippen molar-refractivity contribution in [3.63, 3.8) is 0 Å². The molecule has 1 atom stereocenters. The number of H-pyrrole nitrogens is 1. The van der Waals surface area contributed by atoms with Gasteiger partial charge in [-0.25, -0.2) is 9.97 Å². The van der Waals surface area contributed by atoms with Crippen molar-refractivity contribution in [1.82, 2.24) is 29.8 Å². The number of aromatic nitrogens is 4. The Labute approximate surface area is 104 Å². The van der Waals surface area contributed by atoms with Gasteiger partial charge >= 0.3 is 0 Å². The third-order valence-corrected chi connectivity index (χ3v) is 3.16. The fraction of sp³-hybridized carbons (Fsp3) is 0.545. The van der Waals surface area contributed by atoms with Crippen LogP contribution in [0.1, 0.15) is 12.6 Å². The molecule has 1 saturated heterocycles. The van der Waals surface area contributed by atoms with Gasteiger partial charge in [0.1, 0.15) is 6.33 Å². The van der Waals surface area contributed by atoms with Crippen LogP contribution in [-0.2, 0) is 6.54 Å². The molecule has 1 aliphatic heterocycles. The second-order valence-electron chi connectivity index (χ2n) is 4.70. The molecule has 1 aliphatic rings.